The number of carbonyl (C=O) groups excluding carboxylic acids is 1. The lowest BCUT2D eigenvalue weighted by molar-refractivity contribution is -0.252. The fourth-order valence-electron chi connectivity index (χ4n) is 3.80. The molecule has 2 saturated heterocycles. The van der Waals surface area contributed by atoms with Crippen molar-refractivity contribution in [2.24, 2.45) is 5.29 Å². The zero-order chi connectivity index (χ0) is 20.7. The van der Waals surface area contributed by atoms with Crippen LogP contribution < -0.4 is 5.32 Å². The van der Waals surface area contributed by atoms with E-state index >= 15 is 0 Å². The predicted molar refractivity (Wildman–Crippen MR) is 91.7 cm³/mol. The molecule has 12 heteroatoms. The Kier molecular flexibility index (Phi) is 6.11. The molecule has 5 N–H and O–H groups in total. The number of nitrogens with one attached hydrogen (secondary N) is 1. The largest absolute Gasteiger partial charge is 0.784 e. The molecule has 27 heavy (non-hydrogen) atoms. The van der Waals surface area contributed by atoms with Crippen LogP contribution in [0.2, 0.25) is 0 Å². The highest BCUT2D eigenvalue weighted by Gasteiger charge is 2.52. The van der Waals surface area contributed by atoms with Crippen LogP contribution in [0.5, 0.6) is 0 Å². The summed E-state index contributed by atoms with van der Waals surface area (Å²) in [6.07, 6.45) is -6.02. The Labute approximate surface area is 156 Å². The number of urea groups is 1. The number of hydroxylamine groups is 2. The van der Waals surface area contributed by atoms with Crippen LogP contribution in [0, 0.1) is 10.1 Å². The van der Waals surface area contributed by atoms with E-state index in [0.29, 0.717) is 5.01 Å². The summed E-state index contributed by atoms with van der Waals surface area (Å²) in [4.78, 5) is 23.9. The van der Waals surface area contributed by atoms with Gasteiger partial charge in [0.2, 0.25) is 0 Å². The van der Waals surface area contributed by atoms with Gasteiger partial charge in [-0.05, 0) is 34.1 Å². The van der Waals surface area contributed by atoms with Gasteiger partial charge in [0, 0.05) is 11.1 Å². The normalized spacial score (nSPS) is 38.4. The lowest BCUT2D eigenvalue weighted by atomic mass is 9.93. The molecule has 12 nitrogen and oxygen atoms in total. The number of hydrogen-bond acceptors (Lipinski definition) is 10. The number of aliphatic hydroxyl groups is 4. The summed E-state index contributed by atoms with van der Waals surface area (Å²) < 4.78 is 4.96. The summed E-state index contributed by atoms with van der Waals surface area (Å²) in [5, 5.41) is 57.8. The highest BCUT2D eigenvalue weighted by atomic mass is 16.6. The number of nitrogens with zero attached hydrogens (tertiary/aromatic N) is 3. The molecular formula is C15H27N4O8-. The number of carbonyl (C=O) groups is 1. The molecule has 0 aliphatic carbocycles. The standard InChI is InChI=1S/C15H27N4O8/c1-14(2)5-8(15(3,4)19(14)26)18(17-25)13(24)16-9-11(22)10(21)7(6-20)27-12(9)23/h7-12,20-23H,5-6H2,1-4H3,(H,16,24)/q-1/t7-,8?,9-,10-,11-,12?/m1/s1. The lowest BCUT2D eigenvalue weighted by Crippen LogP contribution is -2.66. The SMILES string of the molecule is CC1(C)CC(N(N=O)C(=O)N[C@H]2C(O)O[C@H](CO)[C@@H](O)[C@@H]2O)C(C)(C)N1[O-]. The third kappa shape index (κ3) is 3.78. The minimum absolute atomic E-state index is 0.171. The van der Waals surface area contributed by atoms with E-state index in [1.165, 1.54) is 0 Å². The van der Waals surface area contributed by atoms with Crippen molar-refractivity contribution in [2.45, 2.75) is 81.9 Å². The molecule has 2 heterocycles. The Hall–Kier alpha value is -1.41. The van der Waals surface area contributed by atoms with Gasteiger partial charge in [0.25, 0.3) is 0 Å². The van der Waals surface area contributed by atoms with E-state index in [1.807, 2.05) is 0 Å². The first kappa shape index (κ1) is 21.9. The van der Waals surface area contributed by atoms with Crippen molar-refractivity contribution in [1.82, 2.24) is 15.4 Å². The second-order valence-electron chi connectivity index (χ2n) is 8.11. The molecule has 0 saturated carbocycles. The third-order valence-corrected chi connectivity index (χ3v) is 5.36. The first-order chi connectivity index (χ1) is 12.4. The summed E-state index contributed by atoms with van der Waals surface area (Å²) in [6.45, 7) is 5.86. The number of rotatable bonds is 4. The van der Waals surface area contributed by atoms with Gasteiger partial charge >= 0.3 is 6.03 Å². The van der Waals surface area contributed by atoms with Crippen molar-refractivity contribution in [2.75, 3.05) is 6.61 Å². The number of nitroso groups, excluding NO2 is 1. The van der Waals surface area contributed by atoms with E-state index in [4.69, 9.17) is 9.84 Å². The van der Waals surface area contributed by atoms with Gasteiger partial charge in [-0.25, -0.2) is 4.79 Å². The van der Waals surface area contributed by atoms with E-state index in [0.717, 1.165) is 5.06 Å². The first-order valence-electron chi connectivity index (χ1n) is 8.59. The Morgan fingerprint density at radius 3 is 2.33 bits per heavy atom. The Morgan fingerprint density at radius 1 is 1.30 bits per heavy atom. The summed E-state index contributed by atoms with van der Waals surface area (Å²) in [7, 11) is 0. The van der Waals surface area contributed by atoms with Crippen molar-refractivity contribution in [3.8, 4) is 0 Å². The molecule has 0 aromatic heterocycles. The number of ether oxygens (including phenoxy) is 1. The van der Waals surface area contributed by atoms with Crippen molar-refractivity contribution in [3.05, 3.63) is 10.1 Å². The van der Waals surface area contributed by atoms with Crippen LogP contribution in [-0.4, -0.2) is 90.9 Å². The Balaban J connectivity index is 2.17. The van der Waals surface area contributed by atoms with Gasteiger partial charge in [0.15, 0.2) is 6.29 Å². The Morgan fingerprint density at radius 2 is 1.89 bits per heavy atom. The topological polar surface area (TPSA) is 178 Å². The molecule has 2 aliphatic rings. The molecule has 0 aromatic carbocycles. The van der Waals surface area contributed by atoms with Gasteiger partial charge < -0.3 is 40.8 Å². The van der Waals surface area contributed by atoms with Crippen molar-refractivity contribution in [1.29, 1.82) is 0 Å². The minimum Gasteiger partial charge on any atom is -0.784 e. The molecular weight excluding hydrogens is 364 g/mol. The fraction of sp³-hybridized carbons (Fsp3) is 0.933. The second-order valence-corrected chi connectivity index (χ2v) is 8.11. The summed E-state index contributed by atoms with van der Waals surface area (Å²) in [5.41, 5.74) is -1.95. The number of aliphatic hydroxyl groups excluding tert-OH is 4. The van der Waals surface area contributed by atoms with Gasteiger partial charge in [-0.2, -0.15) is 5.01 Å². The van der Waals surface area contributed by atoms with Gasteiger partial charge in [-0.1, -0.05) is 0 Å². The van der Waals surface area contributed by atoms with Crippen LogP contribution in [0.1, 0.15) is 34.1 Å². The minimum atomic E-state index is -1.73. The molecule has 0 bridgehead atoms. The highest BCUT2D eigenvalue weighted by Crippen LogP contribution is 2.42. The van der Waals surface area contributed by atoms with Crippen LogP contribution in [0.4, 0.5) is 4.79 Å². The molecule has 0 aromatic rings. The van der Waals surface area contributed by atoms with Gasteiger partial charge in [0.1, 0.15) is 24.4 Å². The van der Waals surface area contributed by atoms with Gasteiger partial charge in [-0.15, -0.1) is 4.91 Å². The molecule has 2 rings (SSSR count). The van der Waals surface area contributed by atoms with Crippen molar-refractivity contribution < 1.29 is 30.0 Å². The van der Waals surface area contributed by atoms with Crippen molar-refractivity contribution >= 4 is 6.03 Å². The maximum absolute atomic E-state index is 12.6. The van der Waals surface area contributed by atoms with E-state index in [1.54, 1.807) is 27.7 Å². The molecule has 156 valence electrons. The van der Waals surface area contributed by atoms with Gasteiger partial charge in [0.05, 0.1) is 17.9 Å². The molecule has 6 atom stereocenters. The molecule has 0 spiro atoms. The smallest absolute Gasteiger partial charge is 0.341 e. The predicted octanol–water partition coefficient (Wildman–Crippen LogP) is -1.39. The first-order valence-corrected chi connectivity index (χ1v) is 8.59. The number of amides is 2. The van der Waals surface area contributed by atoms with Crippen LogP contribution >= 0.6 is 0 Å². The maximum atomic E-state index is 12.6. The van der Waals surface area contributed by atoms with Crippen molar-refractivity contribution in [3.63, 3.8) is 0 Å². The Bertz CT molecular complexity index is 574. The molecule has 2 unspecified atom stereocenters. The summed E-state index contributed by atoms with van der Waals surface area (Å²) >= 11 is 0. The average Bonchev–Trinajstić information content (AvgIpc) is 2.75. The van der Waals surface area contributed by atoms with E-state index in [-0.39, 0.29) is 6.42 Å². The maximum Gasteiger partial charge on any atom is 0.341 e. The lowest BCUT2D eigenvalue weighted by Gasteiger charge is -2.47. The van der Waals surface area contributed by atoms with Crippen LogP contribution in [0.3, 0.4) is 0 Å². The third-order valence-electron chi connectivity index (χ3n) is 5.36. The second kappa shape index (κ2) is 7.54. The highest BCUT2D eigenvalue weighted by molar-refractivity contribution is 5.75. The van der Waals surface area contributed by atoms with E-state index in [2.05, 4.69) is 10.6 Å². The molecule has 0 radical (unpaired) electrons. The fourth-order valence-corrected chi connectivity index (χ4v) is 3.80. The zero-order valence-electron chi connectivity index (χ0n) is 15.6. The van der Waals surface area contributed by atoms with Crippen LogP contribution in [-0.2, 0) is 4.74 Å². The van der Waals surface area contributed by atoms with Gasteiger partial charge in [-0.3, -0.25) is 0 Å². The van der Waals surface area contributed by atoms with Crippen LogP contribution in [0.25, 0.3) is 0 Å². The summed E-state index contributed by atoms with van der Waals surface area (Å²) in [6, 6.07) is -3.40. The van der Waals surface area contributed by atoms with E-state index < -0.39 is 60.4 Å². The zero-order valence-corrected chi connectivity index (χ0v) is 15.6. The average molecular weight is 391 g/mol. The van der Waals surface area contributed by atoms with Crippen LogP contribution in [0.15, 0.2) is 5.29 Å². The summed E-state index contributed by atoms with van der Waals surface area (Å²) in [5.74, 6) is 0. The molecule has 2 fully saturated rings. The quantitative estimate of drug-likeness (QED) is 0.285. The van der Waals surface area contributed by atoms with E-state index in [9.17, 15) is 30.2 Å². The monoisotopic (exact) mass is 391 g/mol. The number of hydrogen-bond donors (Lipinski definition) is 5. The molecule has 2 amide bonds. The molecule has 2 aliphatic heterocycles.